The normalized spacial score (nSPS) is 17.9. The number of nitrogens with zero attached hydrogens (tertiary/aromatic N) is 3. The maximum atomic E-state index is 4.37. The van der Waals surface area contributed by atoms with Gasteiger partial charge in [-0.15, -0.1) is 0 Å². The molecule has 0 aromatic carbocycles. The van der Waals surface area contributed by atoms with Crippen LogP contribution in [0.5, 0.6) is 0 Å². The summed E-state index contributed by atoms with van der Waals surface area (Å²) in [5.74, 6) is 0. The molecule has 2 heterocycles. The second kappa shape index (κ2) is 8.36. The molecule has 0 atom stereocenters. The predicted octanol–water partition coefficient (Wildman–Crippen LogP) is 3.88. The molecule has 0 saturated carbocycles. The number of aromatic nitrogens is 2. The molecule has 0 spiro atoms. The summed E-state index contributed by atoms with van der Waals surface area (Å²) in [6, 6.07) is 2.67. The fourth-order valence-electron chi connectivity index (χ4n) is 3.02. The van der Waals surface area contributed by atoms with E-state index in [4.69, 9.17) is 0 Å². The molecule has 1 aromatic rings. The van der Waals surface area contributed by atoms with Crippen molar-refractivity contribution in [3.8, 4) is 0 Å². The van der Waals surface area contributed by atoms with Crippen molar-refractivity contribution in [2.45, 2.75) is 64.3 Å². The Bertz CT molecular complexity index is 313. The maximum Gasteiger partial charge on any atom is 0.0543 e. The molecule has 0 N–H and O–H groups in total. The third-order valence-electron chi connectivity index (χ3n) is 4.28. The van der Waals surface area contributed by atoms with Crippen molar-refractivity contribution < 1.29 is 0 Å². The third-order valence-corrected chi connectivity index (χ3v) is 4.28. The van der Waals surface area contributed by atoms with E-state index in [0.717, 1.165) is 0 Å². The number of rotatable bonds is 8. The summed E-state index contributed by atoms with van der Waals surface area (Å²) in [5.41, 5.74) is 0. The smallest absolute Gasteiger partial charge is 0.0543 e. The van der Waals surface area contributed by atoms with Crippen molar-refractivity contribution in [3.05, 3.63) is 18.5 Å². The summed E-state index contributed by atoms with van der Waals surface area (Å²) >= 11 is 0. The van der Waals surface area contributed by atoms with Crippen LogP contribution in [0.25, 0.3) is 0 Å². The summed E-state index contributed by atoms with van der Waals surface area (Å²) in [6.07, 6.45) is 14.9. The van der Waals surface area contributed by atoms with Crippen molar-refractivity contribution in [3.63, 3.8) is 0 Å². The van der Waals surface area contributed by atoms with E-state index in [1.54, 1.807) is 0 Å². The summed E-state index contributed by atoms with van der Waals surface area (Å²) in [5, 5.41) is 4.37. The summed E-state index contributed by atoms with van der Waals surface area (Å²) in [6.45, 7) is 6.08. The van der Waals surface area contributed by atoms with Gasteiger partial charge in [0.05, 0.1) is 6.04 Å². The Morgan fingerprint density at radius 1 is 1.05 bits per heavy atom. The van der Waals surface area contributed by atoms with Crippen molar-refractivity contribution in [1.29, 1.82) is 0 Å². The lowest BCUT2D eigenvalue weighted by Crippen LogP contribution is -2.35. The van der Waals surface area contributed by atoms with E-state index < -0.39 is 0 Å². The Kier molecular flexibility index (Phi) is 6.42. The highest BCUT2D eigenvalue weighted by atomic mass is 15.3. The van der Waals surface area contributed by atoms with Gasteiger partial charge < -0.3 is 4.90 Å². The quantitative estimate of drug-likeness (QED) is 0.664. The molecule has 0 radical (unpaired) electrons. The molecular formula is C16H29N3. The van der Waals surface area contributed by atoms with Crippen LogP contribution < -0.4 is 0 Å². The maximum absolute atomic E-state index is 4.37. The van der Waals surface area contributed by atoms with Crippen LogP contribution in [0.1, 0.15) is 64.3 Å². The summed E-state index contributed by atoms with van der Waals surface area (Å²) < 4.78 is 2.14. The molecular weight excluding hydrogens is 234 g/mol. The molecule has 0 amide bonds. The minimum Gasteiger partial charge on any atom is -0.303 e. The number of hydrogen-bond acceptors (Lipinski definition) is 2. The van der Waals surface area contributed by atoms with Crippen molar-refractivity contribution in [2.75, 3.05) is 19.6 Å². The highest BCUT2D eigenvalue weighted by molar-refractivity contribution is 4.84. The minimum absolute atomic E-state index is 0.635. The van der Waals surface area contributed by atoms with Crippen LogP contribution in [0.15, 0.2) is 18.5 Å². The SMILES string of the molecule is CCCCCCCCN1CCC(n2cccn2)CC1. The Morgan fingerprint density at radius 2 is 1.79 bits per heavy atom. The van der Waals surface area contributed by atoms with Gasteiger partial charge >= 0.3 is 0 Å². The molecule has 1 aromatic heterocycles. The molecule has 3 heteroatoms. The minimum atomic E-state index is 0.635. The van der Waals surface area contributed by atoms with Crippen LogP contribution in [-0.4, -0.2) is 34.3 Å². The average Bonchev–Trinajstić information content (AvgIpc) is 2.97. The van der Waals surface area contributed by atoms with Crippen molar-refractivity contribution >= 4 is 0 Å². The monoisotopic (exact) mass is 263 g/mol. The zero-order chi connectivity index (χ0) is 13.3. The molecule has 1 saturated heterocycles. The molecule has 3 nitrogen and oxygen atoms in total. The van der Waals surface area contributed by atoms with Gasteiger partial charge in [0.25, 0.3) is 0 Å². The van der Waals surface area contributed by atoms with Crippen LogP contribution in [0.4, 0.5) is 0 Å². The van der Waals surface area contributed by atoms with Gasteiger partial charge in [-0.05, 0) is 31.9 Å². The van der Waals surface area contributed by atoms with E-state index in [-0.39, 0.29) is 0 Å². The zero-order valence-electron chi connectivity index (χ0n) is 12.4. The lowest BCUT2D eigenvalue weighted by Gasteiger charge is -2.32. The summed E-state index contributed by atoms with van der Waals surface area (Å²) in [4.78, 5) is 2.64. The average molecular weight is 263 g/mol. The first-order valence-corrected chi connectivity index (χ1v) is 8.11. The Labute approximate surface area is 118 Å². The second-order valence-electron chi connectivity index (χ2n) is 5.83. The number of likely N-dealkylation sites (tertiary alicyclic amines) is 1. The first-order valence-electron chi connectivity index (χ1n) is 8.11. The zero-order valence-corrected chi connectivity index (χ0v) is 12.4. The van der Waals surface area contributed by atoms with Gasteiger partial charge in [0.1, 0.15) is 0 Å². The van der Waals surface area contributed by atoms with Crippen LogP contribution in [0.2, 0.25) is 0 Å². The molecule has 2 rings (SSSR count). The van der Waals surface area contributed by atoms with E-state index in [9.17, 15) is 0 Å². The predicted molar refractivity (Wildman–Crippen MR) is 80.3 cm³/mol. The van der Waals surface area contributed by atoms with Crippen LogP contribution in [-0.2, 0) is 0 Å². The summed E-state index contributed by atoms with van der Waals surface area (Å²) in [7, 11) is 0. The van der Waals surface area contributed by atoms with Crippen molar-refractivity contribution in [1.82, 2.24) is 14.7 Å². The highest BCUT2D eigenvalue weighted by Gasteiger charge is 2.19. The van der Waals surface area contributed by atoms with Gasteiger partial charge in [-0.25, -0.2) is 0 Å². The lowest BCUT2D eigenvalue weighted by atomic mass is 10.0. The van der Waals surface area contributed by atoms with Crippen LogP contribution in [0, 0.1) is 0 Å². The van der Waals surface area contributed by atoms with Gasteiger partial charge in [0.15, 0.2) is 0 Å². The van der Waals surface area contributed by atoms with Gasteiger partial charge in [0, 0.05) is 25.5 Å². The van der Waals surface area contributed by atoms with Gasteiger partial charge in [-0.1, -0.05) is 39.0 Å². The largest absolute Gasteiger partial charge is 0.303 e. The van der Waals surface area contributed by atoms with E-state index >= 15 is 0 Å². The van der Waals surface area contributed by atoms with Crippen LogP contribution >= 0.6 is 0 Å². The molecule has 0 unspecified atom stereocenters. The molecule has 1 aliphatic heterocycles. The molecule has 0 bridgehead atoms. The first kappa shape index (κ1) is 14.6. The fourth-order valence-corrected chi connectivity index (χ4v) is 3.02. The van der Waals surface area contributed by atoms with E-state index in [0.29, 0.717) is 6.04 Å². The fraction of sp³-hybridized carbons (Fsp3) is 0.812. The topological polar surface area (TPSA) is 21.1 Å². The van der Waals surface area contributed by atoms with Crippen molar-refractivity contribution in [2.24, 2.45) is 0 Å². The Balaban J connectivity index is 1.54. The number of unbranched alkanes of at least 4 members (excludes halogenated alkanes) is 5. The number of hydrogen-bond donors (Lipinski definition) is 0. The molecule has 108 valence electrons. The second-order valence-corrected chi connectivity index (χ2v) is 5.83. The molecule has 1 fully saturated rings. The molecule has 0 aliphatic carbocycles. The Morgan fingerprint density at radius 3 is 2.47 bits per heavy atom. The van der Waals surface area contributed by atoms with Gasteiger partial charge in [0.2, 0.25) is 0 Å². The number of piperidine rings is 1. The lowest BCUT2D eigenvalue weighted by molar-refractivity contribution is 0.177. The van der Waals surface area contributed by atoms with E-state index in [2.05, 4.69) is 27.8 Å². The third kappa shape index (κ3) is 4.98. The standard InChI is InChI=1S/C16H29N3/c1-2-3-4-5-6-7-12-18-14-9-16(10-15-18)19-13-8-11-17-19/h8,11,13,16H,2-7,9-10,12,14-15H2,1H3. The molecule has 19 heavy (non-hydrogen) atoms. The molecule has 1 aliphatic rings. The van der Waals surface area contributed by atoms with Crippen LogP contribution in [0.3, 0.4) is 0 Å². The highest BCUT2D eigenvalue weighted by Crippen LogP contribution is 2.21. The van der Waals surface area contributed by atoms with E-state index in [1.807, 2.05) is 12.3 Å². The van der Waals surface area contributed by atoms with Gasteiger partial charge in [-0.3, -0.25) is 4.68 Å². The van der Waals surface area contributed by atoms with E-state index in [1.165, 1.54) is 71.0 Å². The van der Waals surface area contributed by atoms with Gasteiger partial charge in [-0.2, -0.15) is 5.10 Å². The first-order chi connectivity index (χ1) is 9.40. The Hall–Kier alpha value is -0.830.